The van der Waals surface area contributed by atoms with Crippen LogP contribution in [0.4, 0.5) is 21.9 Å². The second kappa shape index (κ2) is 32.3. The van der Waals surface area contributed by atoms with Crippen LogP contribution in [0.15, 0.2) is 93.9 Å². The van der Waals surface area contributed by atoms with Gasteiger partial charge in [-0.1, -0.05) is 78.3 Å². The van der Waals surface area contributed by atoms with Crippen LogP contribution in [0.2, 0.25) is 0 Å². The molecule has 1 unspecified atom stereocenters. The van der Waals surface area contributed by atoms with E-state index in [4.69, 9.17) is 29.3 Å². The summed E-state index contributed by atoms with van der Waals surface area (Å²) < 4.78 is 24.9. The van der Waals surface area contributed by atoms with Gasteiger partial charge in [0, 0.05) is 118 Å². The van der Waals surface area contributed by atoms with Crippen LogP contribution in [0.1, 0.15) is 142 Å². The number of unbranched alkanes of at least 4 members (excludes halogenated alkanes) is 2. The van der Waals surface area contributed by atoms with Crippen LogP contribution in [0, 0.1) is 36.5 Å². The summed E-state index contributed by atoms with van der Waals surface area (Å²) in [5.41, 5.74) is 5.98. The molecule has 26 nitrogen and oxygen atoms in total. The summed E-state index contributed by atoms with van der Waals surface area (Å²) in [7, 11) is 0. The summed E-state index contributed by atoms with van der Waals surface area (Å²) in [5.74, 6) is -7.29. The molecule has 0 aromatic heterocycles. The molecule has 1 aliphatic carbocycles. The second-order valence-corrected chi connectivity index (χ2v) is 27.4. The van der Waals surface area contributed by atoms with E-state index < -0.39 is 70.7 Å². The van der Waals surface area contributed by atoms with Crippen molar-refractivity contribution >= 4 is 92.2 Å². The third-order valence-electron chi connectivity index (χ3n) is 18.9. The molecule has 534 valence electrons. The highest BCUT2D eigenvalue weighted by atomic mass is 16.7. The zero-order valence-electron chi connectivity index (χ0n) is 58.4. The number of nitrogens with zero attached hydrogens (tertiary/aromatic N) is 4. The van der Waals surface area contributed by atoms with E-state index in [1.807, 2.05) is 30.0 Å². The number of piperazine rings is 1. The van der Waals surface area contributed by atoms with Gasteiger partial charge in [-0.05, 0) is 112 Å². The van der Waals surface area contributed by atoms with E-state index in [0.717, 1.165) is 23.3 Å². The number of nitrogens with one attached hydrogen (secondary N) is 5. The summed E-state index contributed by atoms with van der Waals surface area (Å²) in [6.07, 6.45) is 14.5. The van der Waals surface area contributed by atoms with Crippen molar-refractivity contribution in [2.75, 3.05) is 54.8 Å². The van der Waals surface area contributed by atoms with Gasteiger partial charge in [0.1, 0.15) is 52.3 Å². The van der Waals surface area contributed by atoms with E-state index in [1.165, 1.54) is 45.3 Å². The number of urea groups is 1. The Labute approximate surface area is 580 Å². The number of anilines is 3. The van der Waals surface area contributed by atoms with E-state index in [2.05, 4.69) is 52.3 Å². The smallest absolute Gasteiger partial charge is 0.312 e. The average Bonchev–Trinajstić information content (AvgIpc) is 1.39. The van der Waals surface area contributed by atoms with Gasteiger partial charge in [0.2, 0.25) is 23.2 Å². The topological polar surface area (TPSA) is 361 Å². The Morgan fingerprint density at radius 3 is 2.26 bits per heavy atom. The van der Waals surface area contributed by atoms with Gasteiger partial charge in [-0.25, -0.2) is 9.78 Å². The minimum Gasteiger partial charge on any atom is -0.507 e. The molecular weight excluding hydrogens is 1280 g/mol. The molecule has 3 aromatic carbocycles. The molecule has 1 saturated heterocycles. The number of rotatable bonds is 20. The van der Waals surface area contributed by atoms with Gasteiger partial charge in [0.25, 0.3) is 23.5 Å². The number of fused-ring (bicyclic) bond motifs is 2. The van der Waals surface area contributed by atoms with Crippen LogP contribution < -0.4 is 47.4 Å². The van der Waals surface area contributed by atoms with Crippen molar-refractivity contribution in [1.29, 1.82) is 0 Å². The molecule has 0 radical (unpaired) electrons. The van der Waals surface area contributed by atoms with Crippen LogP contribution in [0.5, 0.6) is 17.2 Å². The van der Waals surface area contributed by atoms with Crippen LogP contribution in [0.3, 0.4) is 0 Å². The number of carbonyl (C=O) groups excluding carboxylic acids is 9. The number of aromatic nitrogens is 1. The largest absolute Gasteiger partial charge is 0.507 e. The van der Waals surface area contributed by atoms with Crippen LogP contribution >= 0.6 is 0 Å². The monoisotopic (exact) mass is 1380 g/mol. The number of ether oxygens (including phenoxy) is 3. The number of allylic oxidation sites excluding steroid dienone is 4. The van der Waals surface area contributed by atoms with Gasteiger partial charge in [0.15, 0.2) is 11.3 Å². The summed E-state index contributed by atoms with van der Waals surface area (Å²) in [5, 5.41) is 37.2. The lowest BCUT2D eigenvalue weighted by Gasteiger charge is -2.36. The molecular formula is C74H92N10O16. The SMILES string of the molecule is CC(=O)O[C@@H]1[C@H](C)C/C=C/O[C@@]2(C)Oc3c(C)c(O)c4c(=O)c(c5oc6cc(N7CCN(Cc8ccc(NC(=O)[C@H](CCCNC(N)=O)NC(=O)C(NC(=O)CCCCCN9C(=O)C=CC9=O)C(C)C)cc8)CC7)cc(O)c6nc-5c4c3C2=O)NC(=O)/C(C)=C\C=C\[C@H](C)C[C@@H](C)C[C@H]1C. The van der Waals surface area contributed by atoms with Crippen molar-refractivity contribution in [2.45, 2.75) is 158 Å². The Morgan fingerprint density at radius 2 is 1.58 bits per heavy atom. The number of imide groups is 1. The molecule has 100 heavy (non-hydrogen) atoms. The van der Waals surface area contributed by atoms with E-state index in [9.17, 15) is 53.4 Å². The molecule has 9 rings (SSSR count). The van der Waals surface area contributed by atoms with E-state index >= 15 is 4.79 Å². The third-order valence-corrected chi connectivity index (χ3v) is 18.9. The highest BCUT2D eigenvalue weighted by Gasteiger charge is 2.50. The molecule has 0 spiro atoms. The fraction of sp³-hybridized carbons (Fsp3) is 0.473. The van der Waals surface area contributed by atoms with Gasteiger partial charge in [0.05, 0.1) is 17.2 Å². The molecule has 3 aromatic rings. The average molecular weight is 1380 g/mol. The molecule has 8 amide bonds. The summed E-state index contributed by atoms with van der Waals surface area (Å²) in [6, 6.07) is 7.70. The van der Waals surface area contributed by atoms with E-state index in [-0.39, 0.29) is 147 Å². The number of esters is 1. The first-order chi connectivity index (χ1) is 47.5. The molecule has 4 bridgehead atoms. The molecule has 9 N–H and O–H groups in total. The van der Waals surface area contributed by atoms with Crippen molar-refractivity contribution in [1.82, 2.24) is 30.7 Å². The highest BCUT2D eigenvalue weighted by Crippen LogP contribution is 2.51. The lowest BCUT2D eigenvalue weighted by molar-refractivity contribution is -0.152. The first-order valence-electron chi connectivity index (χ1n) is 34.3. The predicted molar refractivity (Wildman–Crippen MR) is 376 cm³/mol. The van der Waals surface area contributed by atoms with Crippen LogP contribution in [0.25, 0.3) is 33.3 Å². The number of phenolic OH excluding ortho intramolecular Hbond substituents is 2. The number of amides is 8. The van der Waals surface area contributed by atoms with Crippen molar-refractivity contribution in [2.24, 2.45) is 35.3 Å². The van der Waals surface area contributed by atoms with Crippen LogP contribution in [-0.2, 0) is 49.6 Å². The van der Waals surface area contributed by atoms with Gasteiger partial charge in [-0.15, -0.1) is 0 Å². The first-order valence-corrected chi connectivity index (χ1v) is 34.3. The Balaban J connectivity index is 0.911. The normalized spacial score (nSPS) is 22.6. The number of primary amides is 1. The number of carbonyl (C=O) groups is 9. The zero-order chi connectivity index (χ0) is 72.4. The van der Waals surface area contributed by atoms with E-state index in [1.54, 1.807) is 57.2 Å². The molecule has 26 heteroatoms. The number of benzene rings is 4. The minimum absolute atomic E-state index is 0.00210. The van der Waals surface area contributed by atoms with Crippen molar-refractivity contribution in [3.8, 4) is 28.7 Å². The number of hydrogen-bond acceptors (Lipinski definition) is 19. The quantitative estimate of drug-likeness (QED) is 0.0118. The molecule has 8 atom stereocenters. The maximum absolute atomic E-state index is 15.1. The Hall–Kier alpha value is -10.1. The predicted octanol–water partition coefficient (Wildman–Crippen LogP) is 8.91. The molecule has 6 aliphatic rings. The van der Waals surface area contributed by atoms with Gasteiger partial charge in [-0.2, -0.15) is 0 Å². The lowest BCUT2D eigenvalue weighted by atomic mass is 9.82. The second-order valence-electron chi connectivity index (χ2n) is 27.4. The zero-order valence-corrected chi connectivity index (χ0v) is 58.4. The number of Topliss-reactive ketones (excluding diaryl/α,β-unsaturated/α-hetero) is 1. The molecule has 1 fully saturated rings. The number of ketones is 1. The summed E-state index contributed by atoms with van der Waals surface area (Å²) in [6.45, 7) is 20.8. The Kier molecular flexibility index (Phi) is 23.9. The van der Waals surface area contributed by atoms with Crippen LogP contribution in [-0.4, -0.2) is 141 Å². The lowest BCUT2D eigenvalue weighted by Crippen LogP contribution is -2.54. The maximum Gasteiger partial charge on any atom is 0.312 e. The van der Waals surface area contributed by atoms with Crippen molar-refractivity contribution in [3.05, 3.63) is 112 Å². The first kappa shape index (κ1) is 74.1. The highest BCUT2D eigenvalue weighted by molar-refractivity contribution is 6.22. The van der Waals surface area contributed by atoms with Crippen molar-refractivity contribution < 1.29 is 72.0 Å². The third kappa shape index (κ3) is 17.5. The van der Waals surface area contributed by atoms with E-state index in [0.29, 0.717) is 69.8 Å². The number of aromatic hydroxyl groups is 2. The molecule has 5 aliphatic heterocycles. The van der Waals surface area contributed by atoms with Gasteiger partial charge < -0.3 is 66.1 Å². The number of nitrogens with two attached hydrogens (primary N) is 1. The Morgan fingerprint density at radius 1 is 0.870 bits per heavy atom. The van der Waals surface area contributed by atoms with Gasteiger partial charge in [-0.3, -0.25) is 53.0 Å². The Bertz CT molecular complexity index is 4110. The summed E-state index contributed by atoms with van der Waals surface area (Å²) in [4.78, 5) is 143. The maximum atomic E-state index is 15.1. The fourth-order valence-corrected chi connectivity index (χ4v) is 13.5. The van der Waals surface area contributed by atoms with Gasteiger partial charge >= 0.3 is 17.8 Å². The standard InChI is InChI=1S/C74H92N10O16/c1-40(2)60(79-54(87)21-12-11-13-29-84-55(88)26-27-56(84)89)72(95)78-51(20-15-28-76-73(75)96)71(94)77-49-24-22-48(23-25-49)39-82-30-32-83(33-31-82)50-37-52(86)61-53(38-50)99-68-62(80-61)57-58-64(90)46(8)67-59(57)69(92)74(10,100-67)97-34-16-19-43(5)66(98-47(9)85)45(7)36-42(4)35-41(3)17-14-18-44(6)70(93)81-63(68)65(58)91/h14,16-18,22-27,34,37-38,40-43,45,51,60,66,86,90H,11-13,15,19-21,28-33,35-36,39H2,1-10H3,(H,77,94)(H,78,95)(H,79,87)(H,81,93)(H3,75,76,96)/b17-14+,34-16+,44-18-/t41-,42+,43+,45+,51-,60?,66+,74-/m0/s1. The molecule has 5 heterocycles. The molecule has 0 saturated carbocycles. The van der Waals surface area contributed by atoms with Crippen molar-refractivity contribution in [3.63, 3.8) is 0 Å². The number of phenols is 2. The number of hydrogen-bond donors (Lipinski definition) is 8. The fourth-order valence-electron chi connectivity index (χ4n) is 13.5. The summed E-state index contributed by atoms with van der Waals surface area (Å²) >= 11 is 0. The minimum atomic E-state index is -2.01.